The summed E-state index contributed by atoms with van der Waals surface area (Å²) in [5.41, 5.74) is 2.62. The van der Waals surface area contributed by atoms with E-state index in [1.165, 1.54) is 0 Å². The molecular formula is C14H14N2O2. The van der Waals surface area contributed by atoms with Crippen LogP contribution in [0.3, 0.4) is 0 Å². The summed E-state index contributed by atoms with van der Waals surface area (Å²) in [4.78, 5) is 19.4. The average Bonchev–Trinajstić information content (AvgIpc) is 2.39. The molecule has 0 saturated carbocycles. The van der Waals surface area contributed by atoms with Crippen LogP contribution in [-0.4, -0.2) is 22.9 Å². The van der Waals surface area contributed by atoms with Crippen LogP contribution >= 0.6 is 0 Å². The molecule has 4 heteroatoms. The van der Waals surface area contributed by atoms with Crippen LogP contribution in [-0.2, 0) is 11.2 Å². The van der Waals surface area contributed by atoms with E-state index in [-0.39, 0.29) is 5.78 Å². The first-order valence-corrected chi connectivity index (χ1v) is 5.64. The molecule has 0 unspecified atom stereocenters. The van der Waals surface area contributed by atoms with Gasteiger partial charge in [0, 0.05) is 24.4 Å². The molecule has 0 aliphatic heterocycles. The fourth-order valence-electron chi connectivity index (χ4n) is 1.74. The summed E-state index contributed by atoms with van der Waals surface area (Å²) in [5.74, 6) is 0.650. The van der Waals surface area contributed by atoms with Gasteiger partial charge in [-0.15, -0.1) is 0 Å². The van der Waals surface area contributed by atoms with Crippen molar-refractivity contribution in [2.45, 2.75) is 13.3 Å². The maximum absolute atomic E-state index is 11.0. The first kappa shape index (κ1) is 12.2. The molecular weight excluding hydrogens is 228 g/mol. The number of nitrogens with zero attached hydrogens (tertiary/aromatic N) is 2. The summed E-state index contributed by atoms with van der Waals surface area (Å²) < 4.78 is 5.17. The number of carbonyl (C=O) groups excluding carboxylic acids is 1. The van der Waals surface area contributed by atoms with E-state index < -0.39 is 0 Å². The smallest absolute Gasteiger partial charge is 0.240 e. The Hall–Kier alpha value is -2.23. The lowest BCUT2D eigenvalue weighted by Crippen LogP contribution is -1.97. The van der Waals surface area contributed by atoms with Crippen LogP contribution < -0.4 is 4.74 Å². The van der Waals surface area contributed by atoms with Gasteiger partial charge in [0.1, 0.15) is 11.5 Å². The minimum Gasteiger partial charge on any atom is -0.479 e. The SMILES string of the molecule is COc1nccnc1-c1ccc(CC(C)=O)cc1. The molecule has 0 amide bonds. The van der Waals surface area contributed by atoms with E-state index in [2.05, 4.69) is 9.97 Å². The first-order chi connectivity index (χ1) is 8.70. The lowest BCUT2D eigenvalue weighted by molar-refractivity contribution is -0.116. The molecule has 92 valence electrons. The monoisotopic (exact) mass is 242 g/mol. The minimum absolute atomic E-state index is 0.153. The first-order valence-electron chi connectivity index (χ1n) is 5.64. The van der Waals surface area contributed by atoms with E-state index in [4.69, 9.17) is 4.74 Å². The van der Waals surface area contributed by atoms with Gasteiger partial charge in [-0.25, -0.2) is 9.97 Å². The van der Waals surface area contributed by atoms with Gasteiger partial charge in [-0.05, 0) is 12.5 Å². The Kier molecular flexibility index (Phi) is 3.67. The molecule has 2 aromatic rings. The third kappa shape index (κ3) is 2.71. The van der Waals surface area contributed by atoms with Crippen LogP contribution in [0.15, 0.2) is 36.7 Å². The quantitative estimate of drug-likeness (QED) is 0.825. The van der Waals surface area contributed by atoms with E-state index in [1.54, 1.807) is 26.4 Å². The summed E-state index contributed by atoms with van der Waals surface area (Å²) in [5, 5.41) is 0. The molecule has 0 N–H and O–H groups in total. The van der Waals surface area contributed by atoms with E-state index in [9.17, 15) is 4.79 Å². The topological polar surface area (TPSA) is 52.1 Å². The zero-order valence-electron chi connectivity index (χ0n) is 10.4. The number of hydrogen-bond acceptors (Lipinski definition) is 4. The molecule has 1 aromatic heterocycles. The van der Waals surface area contributed by atoms with Gasteiger partial charge in [-0.3, -0.25) is 4.79 Å². The van der Waals surface area contributed by atoms with Crippen molar-refractivity contribution in [1.82, 2.24) is 9.97 Å². The number of rotatable bonds is 4. The number of methoxy groups -OCH3 is 1. The largest absolute Gasteiger partial charge is 0.479 e. The summed E-state index contributed by atoms with van der Waals surface area (Å²) in [6.07, 6.45) is 3.67. The van der Waals surface area contributed by atoms with Gasteiger partial charge in [-0.1, -0.05) is 24.3 Å². The Labute approximate surface area is 106 Å². The molecule has 0 bridgehead atoms. The second kappa shape index (κ2) is 5.40. The molecule has 1 aromatic carbocycles. The van der Waals surface area contributed by atoms with Gasteiger partial charge in [0.05, 0.1) is 7.11 Å². The maximum atomic E-state index is 11.0. The maximum Gasteiger partial charge on any atom is 0.240 e. The van der Waals surface area contributed by atoms with Crippen molar-refractivity contribution >= 4 is 5.78 Å². The van der Waals surface area contributed by atoms with Gasteiger partial charge < -0.3 is 4.74 Å². The number of benzene rings is 1. The summed E-state index contributed by atoms with van der Waals surface area (Å²) >= 11 is 0. The third-order valence-corrected chi connectivity index (χ3v) is 2.54. The Balaban J connectivity index is 2.31. The highest BCUT2D eigenvalue weighted by Gasteiger charge is 2.08. The number of ether oxygens (including phenoxy) is 1. The third-order valence-electron chi connectivity index (χ3n) is 2.54. The van der Waals surface area contributed by atoms with Gasteiger partial charge in [-0.2, -0.15) is 0 Å². The van der Waals surface area contributed by atoms with Crippen molar-refractivity contribution in [1.29, 1.82) is 0 Å². The second-order valence-corrected chi connectivity index (χ2v) is 3.99. The van der Waals surface area contributed by atoms with Crippen molar-refractivity contribution in [3.63, 3.8) is 0 Å². The molecule has 0 fully saturated rings. The molecule has 0 spiro atoms. The van der Waals surface area contributed by atoms with Gasteiger partial charge in [0.25, 0.3) is 0 Å². The molecule has 2 rings (SSSR count). The van der Waals surface area contributed by atoms with Gasteiger partial charge in [0.15, 0.2) is 0 Å². The number of ketones is 1. The normalized spacial score (nSPS) is 10.1. The van der Waals surface area contributed by atoms with E-state index in [1.807, 2.05) is 24.3 Å². The molecule has 4 nitrogen and oxygen atoms in total. The predicted molar refractivity (Wildman–Crippen MR) is 68.4 cm³/mol. The molecule has 0 atom stereocenters. The van der Waals surface area contributed by atoms with Crippen LogP contribution in [0.4, 0.5) is 0 Å². The summed E-state index contributed by atoms with van der Waals surface area (Å²) in [6.45, 7) is 1.58. The van der Waals surface area contributed by atoms with Gasteiger partial charge >= 0.3 is 0 Å². The molecule has 0 aliphatic rings. The zero-order valence-corrected chi connectivity index (χ0v) is 10.4. The number of hydrogen-bond donors (Lipinski definition) is 0. The summed E-state index contributed by atoms with van der Waals surface area (Å²) in [7, 11) is 1.57. The molecule has 0 radical (unpaired) electrons. The van der Waals surface area contributed by atoms with Crippen LogP contribution in [0, 0.1) is 0 Å². The van der Waals surface area contributed by atoms with Crippen LogP contribution in [0.1, 0.15) is 12.5 Å². The number of carbonyl (C=O) groups is 1. The zero-order chi connectivity index (χ0) is 13.0. The lowest BCUT2D eigenvalue weighted by atomic mass is 10.1. The fraction of sp³-hybridized carbons (Fsp3) is 0.214. The van der Waals surface area contributed by atoms with Crippen molar-refractivity contribution in [2.24, 2.45) is 0 Å². The molecule has 0 saturated heterocycles. The van der Waals surface area contributed by atoms with Crippen molar-refractivity contribution in [2.75, 3.05) is 7.11 Å². The highest BCUT2D eigenvalue weighted by Crippen LogP contribution is 2.25. The Bertz CT molecular complexity index is 550. The Morgan fingerprint density at radius 3 is 2.44 bits per heavy atom. The van der Waals surface area contributed by atoms with Crippen molar-refractivity contribution < 1.29 is 9.53 Å². The molecule has 1 heterocycles. The van der Waals surface area contributed by atoms with E-state index in [0.29, 0.717) is 18.0 Å². The number of Topliss-reactive ketones (excluding diaryl/α,β-unsaturated/α-hetero) is 1. The van der Waals surface area contributed by atoms with E-state index >= 15 is 0 Å². The van der Waals surface area contributed by atoms with Crippen LogP contribution in [0.5, 0.6) is 5.88 Å². The Morgan fingerprint density at radius 1 is 1.17 bits per heavy atom. The van der Waals surface area contributed by atoms with Crippen LogP contribution in [0.2, 0.25) is 0 Å². The average molecular weight is 242 g/mol. The van der Waals surface area contributed by atoms with Gasteiger partial charge in [0.2, 0.25) is 5.88 Å². The molecule has 0 aliphatic carbocycles. The second-order valence-electron chi connectivity index (χ2n) is 3.99. The number of aromatic nitrogens is 2. The predicted octanol–water partition coefficient (Wildman–Crippen LogP) is 2.28. The highest BCUT2D eigenvalue weighted by atomic mass is 16.5. The van der Waals surface area contributed by atoms with Crippen molar-refractivity contribution in [3.05, 3.63) is 42.2 Å². The highest BCUT2D eigenvalue weighted by molar-refractivity contribution is 5.78. The minimum atomic E-state index is 0.153. The summed E-state index contributed by atoms with van der Waals surface area (Å²) in [6, 6.07) is 7.69. The Morgan fingerprint density at radius 2 is 1.83 bits per heavy atom. The lowest BCUT2D eigenvalue weighted by Gasteiger charge is -2.06. The molecule has 18 heavy (non-hydrogen) atoms. The van der Waals surface area contributed by atoms with Crippen LogP contribution in [0.25, 0.3) is 11.3 Å². The van der Waals surface area contributed by atoms with E-state index in [0.717, 1.165) is 11.1 Å². The fourth-order valence-corrected chi connectivity index (χ4v) is 1.74. The van der Waals surface area contributed by atoms with Crippen molar-refractivity contribution in [3.8, 4) is 17.1 Å². The standard InChI is InChI=1S/C14H14N2O2/c1-10(17)9-11-3-5-12(6-4-11)13-14(18-2)16-8-7-15-13/h3-8H,9H2,1-2H3.